The molecule has 3 N–H and O–H groups in total. The first kappa shape index (κ1) is 23.7. The van der Waals surface area contributed by atoms with Crippen LogP contribution < -0.4 is 16.2 Å². The molecule has 0 radical (unpaired) electrons. The van der Waals surface area contributed by atoms with Crippen LogP contribution in [0.25, 0.3) is 16.7 Å². The molecule has 2 aliphatic rings. The smallest absolute Gasteiger partial charge is 0.278 e. The summed E-state index contributed by atoms with van der Waals surface area (Å²) in [6.07, 6.45) is 2.54. The van der Waals surface area contributed by atoms with Crippen LogP contribution in [0.5, 0.6) is 0 Å². The molecule has 4 aromatic rings. The third-order valence-electron chi connectivity index (χ3n) is 7.03. The van der Waals surface area contributed by atoms with Crippen molar-refractivity contribution in [3.8, 4) is 5.69 Å². The summed E-state index contributed by atoms with van der Waals surface area (Å²) in [5.74, 6) is -2.61. The van der Waals surface area contributed by atoms with E-state index >= 15 is 0 Å². The lowest BCUT2D eigenvalue weighted by Crippen LogP contribution is -2.49. The van der Waals surface area contributed by atoms with Crippen molar-refractivity contribution in [2.45, 2.75) is 57.2 Å². The Bertz CT molecular complexity index is 1570. The molecular weight excluding hydrogens is 480 g/mol. The zero-order valence-corrected chi connectivity index (χ0v) is 20.5. The molecule has 1 aliphatic heterocycles. The predicted octanol–water partition coefficient (Wildman–Crippen LogP) is 3.56. The number of nitrogens with one attached hydrogen (secondary N) is 2. The molecule has 0 unspecified atom stereocenters. The number of pyridine rings is 1. The largest absolute Gasteiger partial charge is 0.383 e. The summed E-state index contributed by atoms with van der Waals surface area (Å²) < 4.78 is 30.3. The topological polar surface area (TPSA) is 110 Å². The number of benzene rings is 1. The summed E-state index contributed by atoms with van der Waals surface area (Å²) >= 11 is 0. The van der Waals surface area contributed by atoms with E-state index in [4.69, 9.17) is 0 Å². The predicted molar refractivity (Wildman–Crippen MR) is 135 cm³/mol. The van der Waals surface area contributed by atoms with Gasteiger partial charge < -0.3 is 15.7 Å². The van der Waals surface area contributed by atoms with Gasteiger partial charge in [-0.05, 0) is 62.2 Å². The van der Waals surface area contributed by atoms with Gasteiger partial charge in [0.25, 0.3) is 11.5 Å². The Balaban J connectivity index is 1.43. The molecule has 0 saturated heterocycles. The second-order valence-corrected chi connectivity index (χ2v) is 10.2. The molecule has 9 nitrogen and oxygen atoms in total. The maximum absolute atomic E-state index is 13.6. The van der Waals surface area contributed by atoms with E-state index in [9.17, 15) is 18.7 Å². The molecule has 0 bridgehead atoms. The van der Waals surface area contributed by atoms with Gasteiger partial charge in [0.2, 0.25) is 5.95 Å². The van der Waals surface area contributed by atoms with Crippen molar-refractivity contribution < 1.29 is 13.9 Å². The van der Waals surface area contributed by atoms with Gasteiger partial charge in [-0.25, -0.2) is 23.1 Å². The summed E-state index contributed by atoms with van der Waals surface area (Å²) in [5.41, 5.74) is 2.34. The Morgan fingerprint density at radius 2 is 1.95 bits per heavy atom. The Morgan fingerprint density at radius 3 is 2.70 bits per heavy atom. The number of nitrogens with zero attached hydrogens (tertiary/aromatic N) is 5. The number of hydrogen-bond acceptors (Lipinski definition) is 7. The fraction of sp³-hybridized carbons (Fsp3) is 0.385. The molecule has 4 heterocycles. The number of alkyl halides is 2. The van der Waals surface area contributed by atoms with Crippen LogP contribution in [0, 0.1) is 0 Å². The van der Waals surface area contributed by atoms with E-state index in [-0.39, 0.29) is 17.3 Å². The molecular formula is C26H27F2N7O2. The molecule has 6 rings (SSSR count). The summed E-state index contributed by atoms with van der Waals surface area (Å²) in [6, 6.07) is 9.10. The minimum atomic E-state index is -2.92. The first-order valence-electron chi connectivity index (χ1n) is 12.3. The van der Waals surface area contributed by atoms with E-state index < -0.39 is 24.4 Å². The number of halogens is 2. The molecule has 3 aromatic heterocycles. The van der Waals surface area contributed by atoms with Crippen LogP contribution in [0.1, 0.15) is 49.6 Å². The second kappa shape index (κ2) is 8.42. The third kappa shape index (κ3) is 4.08. The summed E-state index contributed by atoms with van der Waals surface area (Å²) in [5, 5.41) is 17.6. The fourth-order valence-corrected chi connectivity index (χ4v) is 5.25. The van der Waals surface area contributed by atoms with Crippen LogP contribution in [0.4, 0.5) is 20.4 Å². The quantitative estimate of drug-likeness (QED) is 0.379. The molecule has 0 amide bonds. The van der Waals surface area contributed by atoms with Gasteiger partial charge in [-0.3, -0.25) is 9.78 Å². The van der Waals surface area contributed by atoms with E-state index in [1.54, 1.807) is 16.8 Å². The van der Waals surface area contributed by atoms with Crippen LogP contribution in [-0.4, -0.2) is 41.9 Å². The van der Waals surface area contributed by atoms with Crippen molar-refractivity contribution in [1.29, 1.82) is 0 Å². The van der Waals surface area contributed by atoms with E-state index in [1.165, 1.54) is 28.2 Å². The van der Waals surface area contributed by atoms with Gasteiger partial charge >= 0.3 is 0 Å². The van der Waals surface area contributed by atoms with Gasteiger partial charge in [-0.1, -0.05) is 6.07 Å². The minimum Gasteiger partial charge on any atom is -0.383 e. The molecule has 1 aromatic carbocycles. The van der Waals surface area contributed by atoms with Crippen molar-refractivity contribution in [1.82, 2.24) is 29.6 Å². The van der Waals surface area contributed by atoms with Crippen molar-refractivity contribution in [3.63, 3.8) is 0 Å². The van der Waals surface area contributed by atoms with E-state index in [1.807, 2.05) is 19.9 Å². The van der Waals surface area contributed by atoms with Gasteiger partial charge in [0.05, 0.1) is 11.4 Å². The highest BCUT2D eigenvalue weighted by Gasteiger charge is 2.57. The molecule has 0 spiro atoms. The zero-order valence-electron chi connectivity index (χ0n) is 20.5. The summed E-state index contributed by atoms with van der Waals surface area (Å²) in [7, 11) is 0. The highest BCUT2D eigenvalue weighted by molar-refractivity contribution is 5.77. The van der Waals surface area contributed by atoms with E-state index in [0.717, 1.165) is 25.2 Å². The lowest BCUT2D eigenvalue weighted by molar-refractivity contribution is -0.212. The molecule has 11 heteroatoms. The van der Waals surface area contributed by atoms with E-state index in [2.05, 4.69) is 37.7 Å². The van der Waals surface area contributed by atoms with Crippen molar-refractivity contribution in [2.24, 2.45) is 0 Å². The number of fused-ring (bicyclic) bond motifs is 2. The lowest BCUT2D eigenvalue weighted by Gasteiger charge is -2.42. The van der Waals surface area contributed by atoms with E-state index in [0.29, 0.717) is 22.7 Å². The fourth-order valence-electron chi connectivity index (χ4n) is 5.25. The number of anilines is 2. The summed E-state index contributed by atoms with van der Waals surface area (Å²) in [4.78, 5) is 26.5. The first-order valence-corrected chi connectivity index (χ1v) is 12.3. The normalized spacial score (nSPS) is 18.0. The van der Waals surface area contributed by atoms with Crippen LogP contribution in [0.3, 0.4) is 0 Å². The van der Waals surface area contributed by atoms with Crippen LogP contribution in [-0.2, 0) is 18.6 Å². The maximum Gasteiger partial charge on any atom is 0.278 e. The van der Waals surface area contributed by atoms with Gasteiger partial charge in [0.1, 0.15) is 11.0 Å². The highest BCUT2D eigenvalue weighted by Crippen LogP contribution is 2.51. The average Bonchev–Trinajstić information content (AvgIpc) is 3.14. The Hall–Kier alpha value is -3.70. The standard InChI is InChI=1S/C26H27F2N7O2/c1-15(2)34-23(36)20-12-31-24(32-18-4-3-16-5-7-29-11-17(16)9-18)33-22(20)35(34)19-6-8-30-21(10-19)25(37)13-26(27,28)14-25/h3-4,6,8-10,12,15,29,37H,5,7,11,13-14H2,1-2H3,(H,31,32,33). The SMILES string of the molecule is CC(C)n1c(=O)c2cnc(Nc3ccc4c(c3)CNCC4)nc2n1-c1ccnc(C2(O)CC(F)(F)C2)c1. The first-order chi connectivity index (χ1) is 17.6. The number of rotatable bonds is 5. The van der Waals surface area contributed by atoms with Gasteiger partial charge in [0, 0.05) is 43.5 Å². The van der Waals surface area contributed by atoms with Crippen molar-refractivity contribution in [3.05, 3.63) is 69.9 Å². The van der Waals surface area contributed by atoms with Gasteiger partial charge in [-0.15, -0.1) is 0 Å². The number of aromatic nitrogens is 5. The van der Waals surface area contributed by atoms with Gasteiger partial charge in [0.15, 0.2) is 5.65 Å². The molecule has 1 aliphatic carbocycles. The van der Waals surface area contributed by atoms with Crippen LogP contribution in [0.2, 0.25) is 0 Å². The van der Waals surface area contributed by atoms with Gasteiger partial charge in [-0.2, -0.15) is 4.98 Å². The minimum absolute atomic E-state index is 0.135. The summed E-state index contributed by atoms with van der Waals surface area (Å²) in [6.45, 7) is 5.49. The maximum atomic E-state index is 13.6. The Labute approximate surface area is 211 Å². The third-order valence-corrected chi connectivity index (χ3v) is 7.03. The molecule has 1 saturated carbocycles. The second-order valence-electron chi connectivity index (χ2n) is 10.2. The number of aliphatic hydroxyl groups is 1. The van der Waals surface area contributed by atoms with Crippen molar-refractivity contribution >= 4 is 22.7 Å². The molecule has 0 atom stereocenters. The zero-order chi connectivity index (χ0) is 25.9. The number of hydrogen-bond donors (Lipinski definition) is 3. The molecule has 1 fully saturated rings. The lowest BCUT2D eigenvalue weighted by atomic mass is 9.74. The highest BCUT2D eigenvalue weighted by atomic mass is 19.3. The Morgan fingerprint density at radius 1 is 1.14 bits per heavy atom. The monoisotopic (exact) mass is 507 g/mol. The van der Waals surface area contributed by atoms with Crippen molar-refractivity contribution in [2.75, 3.05) is 11.9 Å². The van der Waals surface area contributed by atoms with Crippen LogP contribution >= 0.6 is 0 Å². The average molecular weight is 508 g/mol. The van der Waals surface area contributed by atoms with Crippen LogP contribution in [0.15, 0.2) is 47.5 Å². The molecule has 192 valence electrons. The molecule has 37 heavy (non-hydrogen) atoms. The Kier molecular flexibility index (Phi) is 5.39.